The fourth-order valence-corrected chi connectivity index (χ4v) is 2.61. The average molecular weight is 301 g/mol. The van der Waals surface area contributed by atoms with Gasteiger partial charge in [0.05, 0.1) is 5.56 Å². The quantitative estimate of drug-likeness (QED) is 0.819. The van der Waals surface area contributed by atoms with E-state index >= 15 is 0 Å². The number of thioether (sulfide) groups is 1. The minimum atomic E-state index is -2.63. The van der Waals surface area contributed by atoms with Crippen LogP contribution in [0.4, 0.5) is 8.78 Å². The number of thiazole rings is 1. The summed E-state index contributed by atoms with van der Waals surface area (Å²) in [6.07, 6.45) is 3.13. The van der Waals surface area contributed by atoms with Crippen LogP contribution in [-0.2, 0) is 7.05 Å². The molecule has 0 aromatic carbocycles. The van der Waals surface area contributed by atoms with Crippen molar-refractivity contribution < 1.29 is 13.6 Å². The van der Waals surface area contributed by atoms with Crippen molar-refractivity contribution in [3.63, 3.8) is 0 Å². The van der Waals surface area contributed by atoms with Crippen molar-refractivity contribution in [2.24, 2.45) is 12.0 Å². The fraction of sp³-hybridized carbons (Fsp3) is 0.182. The molecule has 8 heteroatoms. The van der Waals surface area contributed by atoms with Crippen molar-refractivity contribution in [2.75, 3.05) is 0 Å². The Bertz CT molecular complexity index is 651. The highest BCUT2D eigenvalue weighted by molar-refractivity contribution is 7.99. The first kappa shape index (κ1) is 13.9. The summed E-state index contributed by atoms with van der Waals surface area (Å²) >= 11 is 1.53. The van der Waals surface area contributed by atoms with Crippen LogP contribution in [0.1, 0.15) is 10.4 Å². The van der Waals surface area contributed by atoms with E-state index in [1.54, 1.807) is 23.2 Å². The molecular weight excluding hydrogens is 292 g/mol. The number of rotatable bonds is 3. The number of amides is 1. The number of nitrogens with zero attached hydrogens (tertiary/aromatic N) is 3. The summed E-state index contributed by atoms with van der Waals surface area (Å²) in [5.41, 5.74) is 0.0844. The second kappa shape index (κ2) is 6.07. The van der Waals surface area contributed by atoms with Gasteiger partial charge in [0.2, 0.25) is 0 Å². The smallest absolute Gasteiger partial charge is 0.290 e. The molecule has 0 aliphatic rings. The molecule has 0 spiro atoms. The second-order valence-electron chi connectivity index (χ2n) is 3.45. The van der Waals surface area contributed by atoms with Crippen LogP contribution >= 0.6 is 23.1 Å². The lowest BCUT2D eigenvalue weighted by Gasteiger charge is -2.03. The van der Waals surface area contributed by atoms with E-state index in [0.29, 0.717) is 4.80 Å². The van der Waals surface area contributed by atoms with Crippen molar-refractivity contribution in [1.82, 2.24) is 9.55 Å². The normalized spacial score (nSPS) is 12.1. The molecule has 0 unspecified atom stereocenters. The van der Waals surface area contributed by atoms with Gasteiger partial charge in [-0.05, 0) is 23.9 Å². The maximum atomic E-state index is 12.4. The predicted molar refractivity (Wildman–Crippen MR) is 69.3 cm³/mol. The Morgan fingerprint density at radius 2 is 2.37 bits per heavy atom. The molecule has 0 radical (unpaired) electrons. The molecule has 0 fully saturated rings. The molecule has 2 rings (SSSR count). The van der Waals surface area contributed by atoms with Gasteiger partial charge in [0.25, 0.3) is 11.7 Å². The van der Waals surface area contributed by atoms with E-state index < -0.39 is 11.7 Å². The zero-order chi connectivity index (χ0) is 13.8. The van der Waals surface area contributed by atoms with Crippen molar-refractivity contribution in [3.8, 4) is 0 Å². The monoisotopic (exact) mass is 301 g/mol. The molecule has 19 heavy (non-hydrogen) atoms. The fourth-order valence-electron chi connectivity index (χ4n) is 1.31. The number of alkyl halides is 2. The topological polar surface area (TPSA) is 47.2 Å². The van der Waals surface area contributed by atoms with Crippen LogP contribution in [-0.4, -0.2) is 21.2 Å². The highest BCUT2D eigenvalue weighted by Gasteiger charge is 2.16. The Morgan fingerprint density at radius 3 is 3.00 bits per heavy atom. The molecule has 0 bridgehead atoms. The molecule has 2 aromatic heterocycles. The summed E-state index contributed by atoms with van der Waals surface area (Å²) in [7, 11) is 1.75. The zero-order valence-electron chi connectivity index (χ0n) is 9.79. The number of hydrogen-bond donors (Lipinski definition) is 0. The van der Waals surface area contributed by atoms with Gasteiger partial charge in [-0.15, -0.1) is 11.3 Å². The second-order valence-corrected chi connectivity index (χ2v) is 5.30. The van der Waals surface area contributed by atoms with Gasteiger partial charge in [-0.1, -0.05) is 0 Å². The van der Waals surface area contributed by atoms with Gasteiger partial charge in [-0.3, -0.25) is 4.79 Å². The predicted octanol–water partition coefficient (Wildman–Crippen LogP) is 2.54. The Kier molecular flexibility index (Phi) is 4.43. The number of halogens is 2. The standard InChI is InChI=1S/C11H9F2N3OS2/c1-16-5-6-18-11(16)15-8(17)7-3-2-4-14-9(7)19-10(12)13/h2-6,10H,1H3. The third-order valence-electron chi connectivity index (χ3n) is 2.16. The van der Waals surface area contributed by atoms with Crippen molar-refractivity contribution >= 4 is 29.0 Å². The van der Waals surface area contributed by atoms with Gasteiger partial charge in [-0.2, -0.15) is 13.8 Å². The van der Waals surface area contributed by atoms with Gasteiger partial charge < -0.3 is 4.57 Å². The van der Waals surface area contributed by atoms with Crippen molar-refractivity contribution in [3.05, 3.63) is 40.3 Å². The van der Waals surface area contributed by atoms with E-state index in [9.17, 15) is 13.6 Å². The van der Waals surface area contributed by atoms with E-state index in [1.165, 1.54) is 29.7 Å². The van der Waals surface area contributed by atoms with Crippen LogP contribution < -0.4 is 4.80 Å². The molecule has 0 aliphatic carbocycles. The van der Waals surface area contributed by atoms with Crippen molar-refractivity contribution in [1.29, 1.82) is 0 Å². The summed E-state index contributed by atoms with van der Waals surface area (Å²) in [5, 5.41) is 1.77. The lowest BCUT2D eigenvalue weighted by molar-refractivity contribution is 0.0994. The van der Waals surface area contributed by atoms with Gasteiger partial charge in [0.1, 0.15) is 5.03 Å². The summed E-state index contributed by atoms with van der Waals surface area (Å²) in [5.74, 6) is -3.20. The minimum absolute atomic E-state index is 0.00883. The minimum Gasteiger partial charge on any atom is -0.327 e. The Balaban J connectivity index is 2.37. The van der Waals surface area contributed by atoms with Gasteiger partial charge in [0, 0.05) is 24.8 Å². The van der Waals surface area contributed by atoms with Crippen molar-refractivity contribution in [2.45, 2.75) is 10.8 Å². The number of aromatic nitrogens is 2. The molecular formula is C11H9F2N3OS2. The molecule has 0 saturated carbocycles. The molecule has 2 aromatic rings. The van der Waals surface area contributed by atoms with Crippen LogP contribution in [0.15, 0.2) is 39.9 Å². The maximum Gasteiger partial charge on any atom is 0.290 e. The van der Waals surface area contributed by atoms with Crippen LogP contribution in [0.2, 0.25) is 0 Å². The number of carbonyl (C=O) groups excluding carboxylic acids is 1. The molecule has 0 N–H and O–H groups in total. The van der Waals surface area contributed by atoms with Crippen LogP contribution in [0.3, 0.4) is 0 Å². The molecule has 100 valence electrons. The summed E-state index contributed by atoms with van der Waals surface area (Å²) in [6.45, 7) is 0. The lowest BCUT2D eigenvalue weighted by Crippen LogP contribution is -2.13. The maximum absolute atomic E-state index is 12.4. The Morgan fingerprint density at radius 1 is 1.58 bits per heavy atom. The van der Waals surface area contributed by atoms with E-state index in [1.807, 2.05) is 0 Å². The van der Waals surface area contributed by atoms with Crippen LogP contribution in [0.25, 0.3) is 0 Å². The third kappa shape index (κ3) is 3.48. The number of aryl methyl sites for hydroxylation is 1. The number of carbonyl (C=O) groups is 1. The lowest BCUT2D eigenvalue weighted by atomic mass is 10.3. The summed E-state index contributed by atoms with van der Waals surface area (Å²) in [4.78, 5) is 20.2. The Labute approximate surface area is 115 Å². The average Bonchev–Trinajstić information content (AvgIpc) is 2.75. The summed E-state index contributed by atoms with van der Waals surface area (Å²) < 4.78 is 26.4. The molecule has 2 heterocycles. The molecule has 0 saturated heterocycles. The number of pyridine rings is 1. The largest absolute Gasteiger partial charge is 0.327 e. The first-order chi connectivity index (χ1) is 9.08. The third-order valence-corrected chi connectivity index (χ3v) is 3.73. The number of hydrogen-bond acceptors (Lipinski definition) is 4. The van der Waals surface area contributed by atoms with E-state index in [0.717, 1.165) is 0 Å². The van der Waals surface area contributed by atoms with E-state index in [2.05, 4.69) is 9.98 Å². The SMILES string of the molecule is Cn1ccsc1=NC(=O)c1cccnc1SC(F)F. The first-order valence-electron chi connectivity index (χ1n) is 5.17. The molecule has 4 nitrogen and oxygen atoms in total. The Hall–Kier alpha value is -1.54. The van der Waals surface area contributed by atoms with Gasteiger partial charge in [0.15, 0.2) is 4.80 Å². The highest BCUT2D eigenvalue weighted by Crippen LogP contribution is 2.26. The van der Waals surface area contributed by atoms with E-state index in [-0.39, 0.29) is 22.4 Å². The summed E-state index contributed by atoms with van der Waals surface area (Å²) in [6, 6.07) is 2.96. The molecule has 0 aliphatic heterocycles. The van der Waals surface area contributed by atoms with Gasteiger partial charge >= 0.3 is 0 Å². The molecule has 1 amide bonds. The van der Waals surface area contributed by atoms with E-state index in [4.69, 9.17) is 0 Å². The van der Waals surface area contributed by atoms with Crippen LogP contribution in [0, 0.1) is 0 Å². The zero-order valence-corrected chi connectivity index (χ0v) is 11.4. The highest BCUT2D eigenvalue weighted by atomic mass is 32.2. The van der Waals surface area contributed by atoms with Crippen LogP contribution in [0.5, 0.6) is 0 Å². The first-order valence-corrected chi connectivity index (χ1v) is 6.93. The van der Waals surface area contributed by atoms with Gasteiger partial charge in [-0.25, -0.2) is 4.98 Å². The molecule has 0 atom stereocenters.